The van der Waals surface area contributed by atoms with Gasteiger partial charge in [0.1, 0.15) is 0 Å². The van der Waals surface area contributed by atoms with Crippen LogP contribution in [0, 0.1) is 6.92 Å². The first-order chi connectivity index (χ1) is 8.02. The summed E-state index contributed by atoms with van der Waals surface area (Å²) in [4.78, 5) is 11.3. The number of anilines is 1. The Hall–Kier alpha value is -1.03. The largest absolute Gasteiger partial charge is 0.466 e. The lowest BCUT2D eigenvalue weighted by Crippen LogP contribution is -2.21. The first kappa shape index (κ1) is 14.0. The van der Waals surface area contributed by atoms with Crippen molar-refractivity contribution in [2.45, 2.75) is 33.2 Å². The van der Waals surface area contributed by atoms with E-state index in [9.17, 15) is 4.79 Å². The molecule has 17 heavy (non-hydrogen) atoms. The lowest BCUT2D eigenvalue weighted by atomic mass is 10.2. The quantitative estimate of drug-likeness (QED) is 0.846. The second-order valence-corrected chi connectivity index (χ2v) is 4.87. The minimum atomic E-state index is -0.168. The van der Waals surface area contributed by atoms with Crippen LogP contribution in [0.15, 0.2) is 22.7 Å². The molecule has 1 aromatic rings. The summed E-state index contributed by atoms with van der Waals surface area (Å²) in [7, 11) is 0. The molecule has 1 rings (SSSR count). The average Bonchev–Trinajstić information content (AvgIpc) is 2.23. The van der Waals surface area contributed by atoms with E-state index in [1.54, 1.807) is 0 Å². The zero-order chi connectivity index (χ0) is 12.8. The van der Waals surface area contributed by atoms with Gasteiger partial charge in [-0.25, -0.2) is 0 Å². The molecule has 1 N–H and O–H groups in total. The zero-order valence-corrected chi connectivity index (χ0v) is 12.0. The third-order valence-corrected chi connectivity index (χ3v) is 3.22. The molecule has 0 aliphatic heterocycles. The van der Waals surface area contributed by atoms with Gasteiger partial charge in [0.2, 0.25) is 0 Å². The fourth-order valence-electron chi connectivity index (χ4n) is 1.49. The van der Waals surface area contributed by atoms with Gasteiger partial charge in [-0.3, -0.25) is 4.79 Å². The molecule has 1 atom stereocenters. The highest BCUT2D eigenvalue weighted by Crippen LogP contribution is 2.21. The highest BCUT2D eigenvalue weighted by molar-refractivity contribution is 9.10. The van der Waals surface area contributed by atoms with Crippen LogP contribution in [0.4, 0.5) is 5.69 Å². The summed E-state index contributed by atoms with van der Waals surface area (Å²) in [5.74, 6) is -0.168. The smallest absolute Gasteiger partial charge is 0.307 e. The number of rotatable bonds is 5. The number of hydrogen-bond donors (Lipinski definition) is 1. The predicted molar refractivity (Wildman–Crippen MR) is 73.2 cm³/mol. The lowest BCUT2D eigenvalue weighted by molar-refractivity contribution is -0.143. The van der Waals surface area contributed by atoms with Crippen molar-refractivity contribution < 1.29 is 9.53 Å². The van der Waals surface area contributed by atoms with Crippen LogP contribution in [0.1, 0.15) is 25.8 Å². The first-order valence-electron chi connectivity index (χ1n) is 5.71. The van der Waals surface area contributed by atoms with Crippen molar-refractivity contribution in [3.05, 3.63) is 28.2 Å². The zero-order valence-electron chi connectivity index (χ0n) is 10.4. The molecule has 0 aromatic heterocycles. The standard InChI is InChI=1S/C13H18BrNO2/c1-4-17-13(16)7-10(3)15-11-6-5-9(2)12(14)8-11/h5-6,8,10,15H,4,7H2,1-3H3. The van der Waals surface area contributed by atoms with Gasteiger partial charge >= 0.3 is 5.97 Å². The molecule has 0 radical (unpaired) electrons. The van der Waals surface area contributed by atoms with Gasteiger partial charge in [-0.15, -0.1) is 0 Å². The SMILES string of the molecule is CCOC(=O)CC(C)Nc1ccc(C)c(Br)c1. The maximum atomic E-state index is 11.3. The van der Waals surface area contributed by atoms with Gasteiger partial charge < -0.3 is 10.1 Å². The molecule has 0 aliphatic rings. The van der Waals surface area contributed by atoms with Gasteiger partial charge in [0.15, 0.2) is 0 Å². The molecule has 94 valence electrons. The minimum Gasteiger partial charge on any atom is -0.466 e. The van der Waals surface area contributed by atoms with Gasteiger partial charge in [-0.1, -0.05) is 22.0 Å². The summed E-state index contributed by atoms with van der Waals surface area (Å²) in [6.45, 7) is 6.25. The van der Waals surface area contributed by atoms with Crippen molar-refractivity contribution >= 4 is 27.6 Å². The molecule has 0 saturated heterocycles. The maximum absolute atomic E-state index is 11.3. The van der Waals surface area contributed by atoms with Crippen LogP contribution in [0.25, 0.3) is 0 Å². The van der Waals surface area contributed by atoms with E-state index >= 15 is 0 Å². The van der Waals surface area contributed by atoms with Crippen molar-refractivity contribution in [3.63, 3.8) is 0 Å². The monoisotopic (exact) mass is 299 g/mol. The molecule has 0 amide bonds. The van der Waals surface area contributed by atoms with E-state index < -0.39 is 0 Å². The summed E-state index contributed by atoms with van der Waals surface area (Å²) >= 11 is 3.48. The molecular weight excluding hydrogens is 282 g/mol. The predicted octanol–water partition coefficient (Wildman–Crippen LogP) is 3.51. The van der Waals surface area contributed by atoms with Crippen LogP contribution >= 0.6 is 15.9 Å². The average molecular weight is 300 g/mol. The van der Waals surface area contributed by atoms with E-state index in [0.29, 0.717) is 13.0 Å². The number of ether oxygens (including phenoxy) is 1. The molecular formula is C13H18BrNO2. The topological polar surface area (TPSA) is 38.3 Å². The van der Waals surface area contributed by atoms with E-state index in [0.717, 1.165) is 10.2 Å². The van der Waals surface area contributed by atoms with E-state index in [1.165, 1.54) is 5.56 Å². The Balaban J connectivity index is 2.53. The molecule has 3 nitrogen and oxygen atoms in total. The molecule has 4 heteroatoms. The lowest BCUT2D eigenvalue weighted by Gasteiger charge is -2.15. The van der Waals surface area contributed by atoms with Crippen LogP contribution in [-0.4, -0.2) is 18.6 Å². The Kier molecular flexibility index (Phi) is 5.48. The first-order valence-corrected chi connectivity index (χ1v) is 6.50. The van der Waals surface area contributed by atoms with Crippen LogP contribution in [0.2, 0.25) is 0 Å². The van der Waals surface area contributed by atoms with Crippen molar-refractivity contribution in [1.82, 2.24) is 0 Å². The fraction of sp³-hybridized carbons (Fsp3) is 0.462. The van der Waals surface area contributed by atoms with Crippen LogP contribution in [-0.2, 0) is 9.53 Å². The van der Waals surface area contributed by atoms with Crippen molar-refractivity contribution in [2.24, 2.45) is 0 Å². The number of nitrogens with one attached hydrogen (secondary N) is 1. The number of aryl methyl sites for hydroxylation is 1. The number of benzene rings is 1. The fourth-order valence-corrected chi connectivity index (χ4v) is 1.87. The second kappa shape index (κ2) is 6.64. The maximum Gasteiger partial charge on any atom is 0.307 e. The second-order valence-electron chi connectivity index (χ2n) is 4.02. The highest BCUT2D eigenvalue weighted by atomic mass is 79.9. The third kappa shape index (κ3) is 4.77. The Morgan fingerprint density at radius 3 is 2.82 bits per heavy atom. The molecule has 0 aliphatic carbocycles. The van der Waals surface area contributed by atoms with Gasteiger partial charge in [0.05, 0.1) is 13.0 Å². The van der Waals surface area contributed by atoms with Crippen molar-refractivity contribution in [1.29, 1.82) is 0 Å². The van der Waals surface area contributed by atoms with E-state index in [-0.39, 0.29) is 12.0 Å². The summed E-state index contributed by atoms with van der Waals surface area (Å²) in [6.07, 6.45) is 0.374. The molecule has 0 spiro atoms. The van der Waals surface area contributed by atoms with Gasteiger partial charge in [0.25, 0.3) is 0 Å². The Labute approximate surface area is 111 Å². The van der Waals surface area contributed by atoms with Gasteiger partial charge in [-0.2, -0.15) is 0 Å². The highest BCUT2D eigenvalue weighted by Gasteiger charge is 2.09. The van der Waals surface area contributed by atoms with Crippen LogP contribution in [0.3, 0.4) is 0 Å². The molecule has 0 heterocycles. The molecule has 0 bridgehead atoms. The summed E-state index contributed by atoms with van der Waals surface area (Å²) in [6, 6.07) is 6.10. The van der Waals surface area contributed by atoms with Gasteiger partial charge in [0, 0.05) is 16.2 Å². The minimum absolute atomic E-state index is 0.0589. The number of halogens is 1. The molecule has 0 saturated carbocycles. The van der Waals surface area contributed by atoms with Gasteiger partial charge in [-0.05, 0) is 38.5 Å². The Morgan fingerprint density at radius 1 is 1.53 bits per heavy atom. The van der Waals surface area contributed by atoms with Crippen molar-refractivity contribution in [3.8, 4) is 0 Å². The van der Waals surface area contributed by atoms with E-state index in [4.69, 9.17) is 4.74 Å². The summed E-state index contributed by atoms with van der Waals surface area (Å²) in [5, 5.41) is 3.27. The van der Waals surface area contributed by atoms with E-state index in [1.807, 2.05) is 39.0 Å². The normalized spacial score (nSPS) is 12.0. The molecule has 1 aromatic carbocycles. The number of hydrogen-bond acceptors (Lipinski definition) is 3. The summed E-state index contributed by atoms with van der Waals surface area (Å²) < 4.78 is 5.97. The molecule has 1 unspecified atom stereocenters. The molecule has 0 fully saturated rings. The van der Waals surface area contributed by atoms with Crippen LogP contribution < -0.4 is 5.32 Å². The number of esters is 1. The Morgan fingerprint density at radius 2 is 2.24 bits per heavy atom. The summed E-state index contributed by atoms with van der Waals surface area (Å²) in [5.41, 5.74) is 2.19. The van der Waals surface area contributed by atoms with E-state index in [2.05, 4.69) is 21.2 Å². The van der Waals surface area contributed by atoms with Crippen molar-refractivity contribution in [2.75, 3.05) is 11.9 Å². The third-order valence-electron chi connectivity index (χ3n) is 2.36. The number of carbonyl (C=O) groups excluding carboxylic acids is 1. The number of carbonyl (C=O) groups is 1. The van der Waals surface area contributed by atoms with Crippen LogP contribution in [0.5, 0.6) is 0 Å². The Bertz CT molecular complexity index is 393.